The van der Waals surface area contributed by atoms with Gasteiger partial charge in [0.1, 0.15) is 23.7 Å². The van der Waals surface area contributed by atoms with Gasteiger partial charge in [-0.15, -0.1) is 0 Å². The third-order valence-electron chi connectivity index (χ3n) is 5.72. The van der Waals surface area contributed by atoms with E-state index in [2.05, 4.69) is 16.0 Å². The van der Waals surface area contributed by atoms with Crippen LogP contribution in [0.4, 0.5) is 4.79 Å². The Bertz CT molecular complexity index is 1080. The van der Waals surface area contributed by atoms with Crippen molar-refractivity contribution in [3.05, 3.63) is 71.8 Å². The van der Waals surface area contributed by atoms with Crippen LogP contribution < -0.4 is 16.0 Å². The maximum absolute atomic E-state index is 13.6. The Hall–Kier alpha value is -3.88. The zero-order chi connectivity index (χ0) is 29.0. The molecule has 2 aromatic rings. The lowest BCUT2D eigenvalue weighted by molar-refractivity contribution is -0.145. The fourth-order valence-electron chi connectivity index (χ4n) is 3.94. The monoisotopic (exact) mass is 539 g/mol. The third-order valence-corrected chi connectivity index (χ3v) is 5.72. The van der Waals surface area contributed by atoms with Crippen LogP contribution in [-0.4, -0.2) is 54.7 Å². The van der Waals surface area contributed by atoms with Crippen LogP contribution in [0.25, 0.3) is 0 Å². The summed E-state index contributed by atoms with van der Waals surface area (Å²) in [6.45, 7) is 9.06. The van der Waals surface area contributed by atoms with Crippen molar-refractivity contribution in [3.63, 3.8) is 0 Å². The number of carbonyl (C=O) groups is 4. The van der Waals surface area contributed by atoms with E-state index in [-0.39, 0.29) is 18.8 Å². The third kappa shape index (κ3) is 11.6. The van der Waals surface area contributed by atoms with E-state index in [1.165, 1.54) is 7.11 Å². The molecule has 3 N–H and O–H groups in total. The van der Waals surface area contributed by atoms with Crippen molar-refractivity contribution in [2.45, 2.75) is 77.6 Å². The predicted octanol–water partition coefficient (Wildman–Crippen LogP) is 3.55. The van der Waals surface area contributed by atoms with E-state index in [9.17, 15) is 19.2 Å². The largest absolute Gasteiger partial charge is 0.467 e. The Morgan fingerprint density at radius 1 is 0.718 bits per heavy atom. The van der Waals surface area contributed by atoms with Gasteiger partial charge in [-0.25, -0.2) is 9.59 Å². The summed E-state index contributed by atoms with van der Waals surface area (Å²) >= 11 is 0. The van der Waals surface area contributed by atoms with E-state index in [0.29, 0.717) is 6.42 Å². The maximum Gasteiger partial charge on any atom is 0.408 e. The number of hydrogen-bond donors (Lipinski definition) is 3. The van der Waals surface area contributed by atoms with Crippen molar-refractivity contribution in [1.82, 2.24) is 16.0 Å². The highest BCUT2D eigenvalue weighted by atomic mass is 16.6. The van der Waals surface area contributed by atoms with Gasteiger partial charge in [-0.2, -0.15) is 0 Å². The standard InChI is InChI=1S/C30H41N3O6/c1-20(2)17-25(28(36)38-6)32-26(34)23(18-21-13-9-7-10-14-21)31-27(35)24(19-22-15-11-8-12-16-22)33-29(37)39-30(3,4)5/h7-16,20,23-25H,17-19H2,1-6H3,(H,31,35)(H,32,34)(H,33,37)/t23-,24-,25-/m1/s1. The van der Waals surface area contributed by atoms with Gasteiger partial charge >= 0.3 is 12.1 Å². The Balaban J connectivity index is 2.30. The van der Waals surface area contributed by atoms with Gasteiger partial charge in [0, 0.05) is 12.8 Å². The molecule has 0 unspecified atom stereocenters. The first kappa shape index (κ1) is 31.3. The molecule has 39 heavy (non-hydrogen) atoms. The van der Waals surface area contributed by atoms with E-state index in [1.54, 1.807) is 20.8 Å². The van der Waals surface area contributed by atoms with Gasteiger partial charge in [0.15, 0.2) is 0 Å². The van der Waals surface area contributed by atoms with Crippen LogP contribution in [0.15, 0.2) is 60.7 Å². The number of alkyl carbamates (subject to hydrolysis) is 1. The average molecular weight is 540 g/mol. The molecule has 0 spiro atoms. The Labute approximate surface area is 231 Å². The van der Waals surface area contributed by atoms with Crippen LogP contribution >= 0.6 is 0 Å². The number of nitrogens with one attached hydrogen (secondary N) is 3. The van der Waals surface area contributed by atoms with Gasteiger partial charge in [0.25, 0.3) is 0 Å². The second-order valence-electron chi connectivity index (χ2n) is 10.9. The van der Waals surface area contributed by atoms with E-state index >= 15 is 0 Å². The maximum atomic E-state index is 13.6. The lowest BCUT2D eigenvalue weighted by atomic mass is 10.0. The molecule has 0 radical (unpaired) electrons. The van der Waals surface area contributed by atoms with Crippen LogP contribution in [0.2, 0.25) is 0 Å². The molecule has 0 aliphatic heterocycles. The number of hydrogen-bond acceptors (Lipinski definition) is 6. The molecule has 0 saturated heterocycles. The molecule has 0 fully saturated rings. The first-order valence-electron chi connectivity index (χ1n) is 13.1. The number of methoxy groups -OCH3 is 1. The summed E-state index contributed by atoms with van der Waals surface area (Å²) in [5.74, 6) is -1.53. The number of benzene rings is 2. The molecule has 2 rings (SSSR count). The molecule has 3 atom stereocenters. The summed E-state index contributed by atoms with van der Waals surface area (Å²) in [4.78, 5) is 51.9. The molecule has 212 valence electrons. The Kier molecular flexibility index (Phi) is 12.0. The van der Waals surface area contributed by atoms with Gasteiger partial charge in [0.2, 0.25) is 11.8 Å². The van der Waals surface area contributed by atoms with Gasteiger partial charge in [0.05, 0.1) is 7.11 Å². The summed E-state index contributed by atoms with van der Waals surface area (Å²) in [5, 5.41) is 8.19. The molecule has 0 heterocycles. The van der Waals surface area contributed by atoms with Crippen LogP contribution in [0.1, 0.15) is 52.2 Å². The second kappa shape index (κ2) is 14.9. The van der Waals surface area contributed by atoms with Crippen molar-refractivity contribution in [2.75, 3.05) is 7.11 Å². The molecule has 3 amide bonds. The normalized spacial score (nSPS) is 13.5. The van der Waals surface area contributed by atoms with Crippen LogP contribution in [0, 0.1) is 5.92 Å². The van der Waals surface area contributed by atoms with Crippen molar-refractivity contribution in [1.29, 1.82) is 0 Å². The number of amides is 3. The zero-order valence-electron chi connectivity index (χ0n) is 23.7. The van der Waals surface area contributed by atoms with E-state index in [0.717, 1.165) is 11.1 Å². The summed E-state index contributed by atoms with van der Waals surface area (Å²) in [5.41, 5.74) is 0.879. The van der Waals surface area contributed by atoms with Crippen LogP contribution in [0.3, 0.4) is 0 Å². The summed E-state index contributed by atoms with van der Waals surface area (Å²) < 4.78 is 10.3. The van der Waals surface area contributed by atoms with Gasteiger partial charge in [-0.3, -0.25) is 9.59 Å². The number of esters is 1. The minimum Gasteiger partial charge on any atom is -0.467 e. The topological polar surface area (TPSA) is 123 Å². The van der Waals surface area contributed by atoms with E-state index < -0.39 is 47.6 Å². The Morgan fingerprint density at radius 2 is 1.15 bits per heavy atom. The highest BCUT2D eigenvalue weighted by Gasteiger charge is 2.31. The quantitative estimate of drug-likeness (QED) is 0.355. The predicted molar refractivity (Wildman–Crippen MR) is 149 cm³/mol. The number of rotatable bonds is 12. The molecule has 0 aliphatic carbocycles. The minimum atomic E-state index is -1.02. The second-order valence-corrected chi connectivity index (χ2v) is 10.9. The molecular formula is C30H41N3O6. The van der Waals surface area contributed by atoms with E-state index in [4.69, 9.17) is 9.47 Å². The SMILES string of the molecule is COC(=O)[C@@H](CC(C)C)NC(=O)[C@@H](Cc1ccccc1)NC(=O)[C@@H](Cc1ccccc1)NC(=O)OC(C)(C)C. The van der Waals surface area contributed by atoms with Crippen molar-refractivity contribution < 1.29 is 28.7 Å². The highest BCUT2D eigenvalue weighted by Crippen LogP contribution is 2.11. The molecule has 9 heteroatoms. The average Bonchev–Trinajstić information content (AvgIpc) is 2.86. The zero-order valence-corrected chi connectivity index (χ0v) is 23.7. The minimum absolute atomic E-state index is 0.116. The van der Waals surface area contributed by atoms with Crippen LogP contribution in [-0.2, 0) is 36.7 Å². The number of ether oxygens (including phenoxy) is 2. The first-order valence-corrected chi connectivity index (χ1v) is 13.1. The molecule has 9 nitrogen and oxygen atoms in total. The van der Waals surface area contributed by atoms with Crippen molar-refractivity contribution >= 4 is 23.9 Å². The summed E-state index contributed by atoms with van der Waals surface area (Å²) in [7, 11) is 1.27. The molecule has 0 bridgehead atoms. The molecular weight excluding hydrogens is 498 g/mol. The molecule has 0 saturated carbocycles. The van der Waals surface area contributed by atoms with Crippen molar-refractivity contribution in [3.8, 4) is 0 Å². The smallest absolute Gasteiger partial charge is 0.408 e. The van der Waals surface area contributed by atoms with Gasteiger partial charge in [-0.1, -0.05) is 74.5 Å². The van der Waals surface area contributed by atoms with Gasteiger partial charge < -0.3 is 25.4 Å². The molecule has 2 aromatic carbocycles. The summed E-state index contributed by atoms with van der Waals surface area (Å²) in [6.07, 6.45) is -0.00553. The van der Waals surface area contributed by atoms with Crippen LogP contribution in [0.5, 0.6) is 0 Å². The summed E-state index contributed by atoms with van der Waals surface area (Å²) in [6, 6.07) is 15.6. The fraction of sp³-hybridized carbons (Fsp3) is 0.467. The number of carbonyl (C=O) groups excluding carboxylic acids is 4. The molecule has 0 aromatic heterocycles. The Morgan fingerprint density at radius 3 is 1.56 bits per heavy atom. The lowest BCUT2D eigenvalue weighted by Crippen LogP contribution is -2.57. The fourth-order valence-corrected chi connectivity index (χ4v) is 3.94. The van der Waals surface area contributed by atoms with Gasteiger partial charge in [-0.05, 0) is 44.2 Å². The lowest BCUT2D eigenvalue weighted by Gasteiger charge is -2.26. The van der Waals surface area contributed by atoms with Crippen molar-refractivity contribution in [2.24, 2.45) is 5.92 Å². The highest BCUT2D eigenvalue weighted by molar-refractivity contribution is 5.93. The van der Waals surface area contributed by atoms with E-state index in [1.807, 2.05) is 74.5 Å². The first-order chi connectivity index (χ1) is 18.4. The molecule has 0 aliphatic rings.